The van der Waals surface area contributed by atoms with Gasteiger partial charge in [0.05, 0.1) is 4.47 Å². The number of thioether (sulfide) groups is 1. The van der Waals surface area contributed by atoms with Crippen molar-refractivity contribution in [3.63, 3.8) is 0 Å². The fourth-order valence-electron chi connectivity index (χ4n) is 1.12. The number of anilines is 1. The molecular weight excluding hydrogens is 340 g/mol. The highest BCUT2D eigenvalue weighted by atomic mass is 79.9. The lowest BCUT2D eigenvalue weighted by Gasteiger charge is -2.07. The zero-order valence-corrected chi connectivity index (χ0v) is 12.6. The summed E-state index contributed by atoms with van der Waals surface area (Å²) < 4.78 is 1.99. The molecule has 1 aromatic rings. The quantitative estimate of drug-likeness (QED) is 0.777. The Morgan fingerprint density at radius 1 is 1.40 bits per heavy atom. The first-order chi connectivity index (χ1) is 7.24. The van der Waals surface area contributed by atoms with E-state index < -0.39 is 0 Å². The minimum absolute atomic E-state index is 0.919. The van der Waals surface area contributed by atoms with Crippen molar-refractivity contribution in [2.45, 2.75) is 12.8 Å². The molecule has 1 N–H and O–H groups in total. The van der Waals surface area contributed by atoms with Gasteiger partial charge in [0.15, 0.2) is 0 Å². The van der Waals surface area contributed by atoms with E-state index in [0.29, 0.717) is 0 Å². The molecule has 84 valence electrons. The van der Waals surface area contributed by atoms with Crippen molar-refractivity contribution in [3.8, 4) is 0 Å². The molecule has 0 aliphatic carbocycles. The Morgan fingerprint density at radius 2 is 2.20 bits per heavy atom. The summed E-state index contributed by atoms with van der Waals surface area (Å²) in [6.07, 6.45) is 6.38. The van der Waals surface area contributed by atoms with Crippen LogP contribution in [0, 0.1) is 0 Å². The number of hydrogen-bond acceptors (Lipinski definition) is 3. The SMILES string of the molecule is CSCCCCNc1ncc(Br)cc1Br. The lowest BCUT2D eigenvalue weighted by molar-refractivity contribution is 0.839. The van der Waals surface area contributed by atoms with Gasteiger partial charge in [0.2, 0.25) is 0 Å². The van der Waals surface area contributed by atoms with E-state index in [2.05, 4.69) is 48.4 Å². The minimum atomic E-state index is 0.919. The molecule has 0 radical (unpaired) electrons. The minimum Gasteiger partial charge on any atom is -0.369 e. The third-order valence-electron chi connectivity index (χ3n) is 1.88. The molecule has 0 unspecified atom stereocenters. The Morgan fingerprint density at radius 3 is 2.87 bits per heavy atom. The molecule has 0 atom stereocenters. The molecule has 1 heterocycles. The topological polar surface area (TPSA) is 24.9 Å². The number of halogens is 2. The molecule has 0 amide bonds. The largest absolute Gasteiger partial charge is 0.369 e. The molecule has 0 aliphatic heterocycles. The van der Waals surface area contributed by atoms with Gasteiger partial charge in [-0.2, -0.15) is 11.8 Å². The Hall–Kier alpha value is 0.260. The van der Waals surface area contributed by atoms with E-state index in [4.69, 9.17) is 0 Å². The molecule has 5 heteroatoms. The molecular formula is C10H14Br2N2S. The fourth-order valence-corrected chi connectivity index (χ4v) is 2.74. The first kappa shape index (κ1) is 13.3. The van der Waals surface area contributed by atoms with E-state index in [0.717, 1.165) is 21.3 Å². The number of hydrogen-bond donors (Lipinski definition) is 1. The monoisotopic (exact) mass is 352 g/mol. The van der Waals surface area contributed by atoms with Crippen LogP contribution < -0.4 is 5.32 Å². The van der Waals surface area contributed by atoms with Gasteiger partial charge in [0.1, 0.15) is 5.82 Å². The van der Waals surface area contributed by atoms with E-state index in [1.165, 1.54) is 18.6 Å². The number of aromatic nitrogens is 1. The Labute approximate surface area is 112 Å². The number of nitrogens with one attached hydrogen (secondary N) is 1. The second kappa shape index (κ2) is 7.52. The van der Waals surface area contributed by atoms with Gasteiger partial charge >= 0.3 is 0 Å². The third kappa shape index (κ3) is 5.22. The highest BCUT2D eigenvalue weighted by Crippen LogP contribution is 2.23. The normalized spacial score (nSPS) is 10.3. The van der Waals surface area contributed by atoms with Crippen molar-refractivity contribution in [1.29, 1.82) is 0 Å². The van der Waals surface area contributed by atoms with Crippen LogP contribution in [0.15, 0.2) is 21.2 Å². The molecule has 2 nitrogen and oxygen atoms in total. The molecule has 1 aromatic heterocycles. The summed E-state index contributed by atoms with van der Waals surface area (Å²) in [6, 6.07) is 2.00. The van der Waals surface area contributed by atoms with Gasteiger partial charge in [-0.05, 0) is 62.8 Å². The number of unbranched alkanes of at least 4 members (excludes halogenated alkanes) is 1. The van der Waals surface area contributed by atoms with Crippen molar-refractivity contribution in [1.82, 2.24) is 4.98 Å². The Kier molecular flexibility index (Phi) is 6.68. The summed E-state index contributed by atoms with van der Waals surface area (Å²) >= 11 is 8.74. The van der Waals surface area contributed by atoms with Crippen LogP contribution in [0.3, 0.4) is 0 Å². The van der Waals surface area contributed by atoms with E-state index in [9.17, 15) is 0 Å². The van der Waals surface area contributed by atoms with Gasteiger partial charge in [-0.1, -0.05) is 0 Å². The summed E-state index contributed by atoms with van der Waals surface area (Å²) in [5.41, 5.74) is 0. The van der Waals surface area contributed by atoms with Gasteiger partial charge in [-0.3, -0.25) is 0 Å². The maximum absolute atomic E-state index is 4.29. The van der Waals surface area contributed by atoms with E-state index >= 15 is 0 Å². The van der Waals surface area contributed by atoms with Crippen LogP contribution in [0.25, 0.3) is 0 Å². The zero-order chi connectivity index (χ0) is 11.1. The van der Waals surface area contributed by atoms with E-state index in [1.54, 1.807) is 6.20 Å². The first-order valence-corrected chi connectivity index (χ1v) is 7.76. The van der Waals surface area contributed by atoms with Crippen molar-refractivity contribution in [3.05, 3.63) is 21.2 Å². The van der Waals surface area contributed by atoms with Crippen molar-refractivity contribution < 1.29 is 0 Å². The summed E-state index contributed by atoms with van der Waals surface area (Å²) in [4.78, 5) is 4.29. The highest BCUT2D eigenvalue weighted by Gasteiger charge is 2.00. The average Bonchev–Trinajstić information content (AvgIpc) is 2.20. The second-order valence-corrected chi connectivity index (χ2v) is 5.87. The lowest BCUT2D eigenvalue weighted by atomic mass is 10.3. The molecule has 0 fully saturated rings. The van der Waals surface area contributed by atoms with Crippen LogP contribution in [0.1, 0.15) is 12.8 Å². The predicted molar refractivity (Wildman–Crippen MR) is 75.7 cm³/mol. The molecule has 1 rings (SSSR count). The van der Waals surface area contributed by atoms with Gasteiger partial charge < -0.3 is 5.32 Å². The van der Waals surface area contributed by atoms with Crippen LogP contribution in [0.5, 0.6) is 0 Å². The summed E-state index contributed by atoms with van der Waals surface area (Å²) in [5, 5.41) is 3.31. The number of pyridine rings is 1. The first-order valence-electron chi connectivity index (χ1n) is 4.78. The molecule has 0 saturated carbocycles. The number of nitrogens with zero attached hydrogens (tertiary/aromatic N) is 1. The van der Waals surface area contributed by atoms with Gasteiger partial charge in [-0.15, -0.1) is 0 Å². The van der Waals surface area contributed by atoms with Gasteiger partial charge in [0, 0.05) is 17.2 Å². The summed E-state index contributed by atoms with van der Waals surface area (Å²) in [7, 11) is 0. The second-order valence-electron chi connectivity index (χ2n) is 3.11. The molecule has 0 aromatic carbocycles. The number of rotatable bonds is 6. The van der Waals surface area contributed by atoms with Crippen molar-refractivity contribution >= 4 is 49.4 Å². The maximum atomic E-state index is 4.29. The molecule has 0 saturated heterocycles. The fraction of sp³-hybridized carbons (Fsp3) is 0.500. The Balaban J connectivity index is 2.31. The van der Waals surface area contributed by atoms with Crippen LogP contribution in [0.2, 0.25) is 0 Å². The van der Waals surface area contributed by atoms with Crippen molar-refractivity contribution in [2.75, 3.05) is 23.9 Å². The van der Waals surface area contributed by atoms with Gasteiger partial charge in [0.25, 0.3) is 0 Å². The molecule has 15 heavy (non-hydrogen) atoms. The van der Waals surface area contributed by atoms with Crippen molar-refractivity contribution in [2.24, 2.45) is 0 Å². The zero-order valence-electron chi connectivity index (χ0n) is 8.59. The molecule has 0 bridgehead atoms. The summed E-state index contributed by atoms with van der Waals surface area (Å²) in [6.45, 7) is 0.980. The van der Waals surface area contributed by atoms with Crippen LogP contribution in [0.4, 0.5) is 5.82 Å². The maximum Gasteiger partial charge on any atom is 0.140 e. The van der Waals surface area contributed by atoms with Crippen LogP contribution in [-0.4, -0.2) is 23.5 Å². The van der Waals surface area contributed by atoms with E-state index in [1.807, 2.05) is 17.8 Å². The third-order valence-corrected chi connectivity index (χ3v) is 3.61. The van der Waals surface area contributed by atoms with E-state index in [-0.39, 0.29) is 0 Å². The van der Waals surface area contributed by atoms with Crippen LogP contribution >= 0.6 is 43.6 Å². The highest BCUT2D eigenvalue weighted by molar-refractivity contribution is 9.11. The predicted octanol–water partition coefficient (Wildman–Crippen LogP) is 4.16. The lowest BCUT2D eigenvalue weighted by Crippen LogP contribution is -2.04. The smallest absolute Gasteiger partial charge is 0.140 e. The van der Waals surface area contributed by atoms with Crippen LogP contribution in [-0.2, 0) is 0 Å². The average molecular weight is 354 g/mol. The molecule has 0 spiro atoms. The summed E-state index contributed by atoms with van der Waals surface area (Å²) in [5.74, 6) is 2.15. The van der Waals surface area contributed by atoms with Gasteiger partial charge in [-0.25, -0.2) is 4.98 Å². The standard InChI is InChI=1S/C10H14Br2N2S/c1-15-5-3-2-4-13-10-9(12)6-8(11)7-14-10/h6-7H,2-5H2,1H3,(H,13,14). The Bertz CT molecular complexity index is 307. The molecule has 0 aliphatic rings.